The molecule has 0 spiro atoms. The van der Waals surface area contributed by atoms with Crippen LogP contribution in [0.25, 0.3) is 0 Å². The van der Waals surface area contributed by atoms with Crippen LogP contribution >= 0.6 is 23.1 Å². The van der Waals surface area contributed by atoms with Gasteiger partial charge in [0.2, 0.25) is 0 Å². The van der Waals surface area contributed by atoms with Gasteiger partial charge in [0.15, 0.2) is 0 Å². The number of nitrogens with zero attached hydrogens (tertiary/aromatic N) is 2. The van der Waals surface area contributed by atoms with Crippen LogP contribution in [0.1, 0.15) is 16.8 Å². The van der Waals surface area contributed by atoms with Gasteiger partial charge in [-0.15, -0.1) is 11.3 Å². The quantitative estimate of drug-likeness (QED) is 0.723. The first-order valence-electron chi connectivity index (χ1n) is 3.29. The third-order valence-corrected chi connectivity index (χ3v) is 3.06. The Morgan fingerprint density at radius 2 is 2.64 bits per heavy atom. The summed E-state index contributed by atoms with van der Waals surface area (Å²) in [6.07, 6.45) is 1.64. The summed E-state index contributed by atoms with van der Waals surface area (Å²) in [5.74, 6) is 2.03. The van der Waals surface area contributed by atoms with Gasteiger partial charge >= 0.3 is 0 Å². The van der Waals surface area contributed by atoms with Crippen molar-refractivity contribution in [2.45, 2.75) is 12.7 Å². The van der Waals surface area contributed by atoms with Gasteiger partial charge in [0, 0.05) is 5.75 Å². The van der Waals surface area contributed by atoms with Gasteiger partial charge in [0.25, 0.3) is 0 Å². The Hall–Kier alpha value is -0.530. The predicted octanol–water partition coefficient (Wildman–Crippen LogP) is 2.27. The highest BCUT2D eigenvalue weighted by Gasteiger charge is 1.99. The molecule has 11 heavy (non-hydrogen) atoms. The van der Waals surface area contributed by atoms with E-state index in [9.17, 15) is 0 Å². The lowest BCUT2D eigenvalue weighted by Gasteiger charge is -1.89. The van der Waals surface area contributed by atoms with E-state index in [4.69, 9.17) is 5.26 Å². The van der Waals surface area contributed by atoms with Crippen molar-refractivity contribution in [1.82, 2.24) is 4.98 Å². The van der Waals surface area contributed by atoms with Crippen molar-refractivity contribution >= 4 is 23.1 Å². The van der Waals surface area contributed by atoms with Gasteiger partial charge in [-0.2, -0.15) is 17.0 Å². The second-order valence-corrected chi connectivity index (χ2v) is 4.26. The number of thioether (sulfide) groups is 1. The van der Waals surface area contributed by atoms with Crippen LogP contribution in [0, 0.1) is 11.3 Å². The summed E-state index contributed by atoms with van der Waals surface area (Å²) in [6.45, 7) is 2.11. The number of thiazole rings is 1. The molecule has 1 rings (SSSR count). The number of rotatable bonds is 3. The summed E-state index contributed by atoms with van der Waals surface area (Å²) in [6, 6.07) is 2.07. The number of hydrogen-bond donors (Lipinski definition) is 0. The molecule has 58 valence electrons. The van der Waals surface area contributed by atoms with E-state index in [-0.39, 0.29) is 0 Å². The average molecular weight is 184 g/mol. The fourth-order valence-corrected chi connectivity index (χ4v) is 2.07. The molecule has 0 aliphatic rings. The van der Waals surface area contributed by atoms with E-state index in [0.717, 1.165) is 16.5 Å². The molecule has 0 radical (unpaired) electrons. The van der Waals surface area contributed by atoms with Gasteiger partial charge in [-0.25, -0.2) is 4.98 Å². The molecule has 0 saturated heterocycles. The Labute approximate surface area is 74.3 Å². The van der Waals surface area contributed by atoms with E-state index >= 15 is 0 Å². The summed E-state index contributed by atoms with van der Waals surface area (Å²) in [5.41, 5.74) is 0. The molecule has 0 saturated carbocycles. The first kappa shape index (κ1) is 8.57. The highest BCUT2D eigenvalue weighted by Crippen LogP contribution is 2.17. The maximum Gasteiger partial charge on any atom is 0.124 e. The summed E-state index contributed by atoms with van der Waals surface area (Å²) in [5, 5.41) is 9.54. The SMILES string of the molecule is CCSCc1ncc(C#N)s1. The molecular weight excluding hydrogens is 176 g/mol. The van der Waals surface area contributed by atoms with Crippen molar-refractivity contribution in [3.8, 4) is 6.07 Å². The Morgan fingerprint density at radius 3 is 3.18 bits per heavy atom. The summed E-state index contributed by atoms with van der Waals surface area (Å²) in [7, 11) is 0. The highest BCUT2D eigenvalue weighted by molar-refractivity contribution is 7.98. The zero-order valence-corrected chi connectivity index (χ0v) is 7.84. The largest absolute Gasteiger partial charge is 0.247 e. The van der Waals surface area contributed by atoms with Gasteiger partial charge in [-0.05, 0) is 5.75 Å². The molecule has 0 unspecified atom stereocenters. The van der Waals surface area contributed by atoms with Gasteiger partial charge in [0.05, 0.1) is 6.20 Å². The summed E-state index contributed by atoms with van der Waals surface area (Å²) < 4.78 is 0. The van der Waals surface area contributed by atoms with Crippen molar-refractivity contribution in [1.29, 1.82) is 5.26 Å². The Balaban J connectivity index is 2.53. The minimum Gasteiger partial charge on any atom is -0.247 e. The number of aromatic nitrogens is 1. The molecule has 1 aromatic rings. The van der Waals surface area contributed by atoms with Crippen LogP contribution in [0.5, 0.6) is 0 Å². The average Bonchev–Trinajstić information content (AvgIpc) is 2.48. The monoisotopic (exact) mass is 184 g/mol. The molecule has 0 amide bonds. The third-order valence-electron chi connectivity index (χ3n) is 1.09. The van der Waals surface area contributed by atoms with Gasteiger partial charge in [0.1, 0.15) is 16.0 Å². The van der Waals surface area contributed by atoms with Gasteiger partial charge in [-0.1, -0.05) is 6.92 Å². The Morgan fingerprint density at radius 1 is 1.82 bits per heavy atom. The lowest BCUT2D eigenvalue weighted by atomic mass is 10.6. The van der Waals surface area contributed by atoms with E-state index in [1.165, 1.54) is 11.3 Å². The van der Waals surface area contributed by atoms with Crippen LogP contribution in [0.2, 0.25) is 0 Å². The van der Waals surface area contributed by atoms with E-state index < -0.39 is 0 Å². The Bertz CT molecular complexity index is 262. The standard InChI is InChI=1S/C7H8N2S2/c1-2-10-5-7-9-4-6(3-8)11-7/h4H,2,5H2,1H3. The van der Waals surface area contributed by atoms with Crippen LogP contribution in [0.15, 0.2) is 6.20 Å². The maximum atomic E-state index is 8.49. The smallest absolute Gasteiger partial charge is 0.124 e. The van der Waals surface area contributed by atoms with E-state index in [1.807, 2.05) is 11.8 Å². The van der Waals surface area contributed by atoms with Crippen molar-refractivity contribution < 1.29 is 0 Å². The minimum atomic E-state index is 0.705. The van der Waals surface area contributed by atoms with Crippen LogP contribution in [0.4, 0.5) is 0 Å². The Kier molecular flexibility index (Phi) is 3.40. The fraction of sp³-hybridized carbons (Fsp3) is 0.429. The summed E-state index contributed by atoms with van der Waals surface area (Å²) in [4.78, 5) is 4.81. The lowest BCUT2D eigenvalue weighted by Crippen LogP contribution is -1.75. The van der Waals surface area contributed by atoms with Crippen LogP contribution in [-0.4, -0.2) is 10.7 Å². The third kappa shape index (κ3) is 2.52. The van der Waals surface area contributed by atoms with Crippen molar-refractivity contribution in [3.05, 3.63) is 16.1 Å². The molecule has 0 aliphatic heterocycles. The van der Waals surface area contributed by atoms with E-state index in [0.29, 0.717) is 4.88 Å². The zero-order chi connectivity index (χ0) is 8.10. The molecule has 4 heteroatoms. The van der Waals surface area contributed by atoms with E-state index in [1.54, 1.807) is 6.20 Å². The van der Waals surface area contributed by atoms with Crippen molar-refractivity contribution in [2.24, 2.45) is 0 Å². The molecule has 0 aromatic carbocycles. The molecule has 0 bridgehead atoms. The van der Waals surface area contributed by atoms with Gasteiger partial charge < -0.3 is 0 Å². The fourth-order valence-electron chi connectivity index (χ4n) is 0.618. The summed E-state index contributed by atoms with van der Waals surface area (Å²) >= 11 is 3.30. The molecule has 2 nitrogen and oxygen atoms in total. The number of nitriles is 1. The first-order valence-corrected chi connectivity index (χ1v) is 5.26. The number of hydrogen-bond acceptors (Lipinski definition) is 4. The second-order valence-electron chi connectivity index (χ2n) is 1.87. The first-order chi connectivity index (χ1) is 5.36. The van der Waals surface area contributed by atoms with Crippen LogP contribution in [-0.2, 0) is 5.75 Å². The minimum absolute atomic E-state index is 0.705. The van der Waals surface area contributed by atoms with E-state index in [2.05, 4.69) is 18.0 Å². The molecule has 1 aromatic heterocycles. The molecule has 0 fully saturated rings. The van der Waals surface area contributed by atoms with Gasteiger partial charge in [-0.3, -0.25) is 0 Å². The van der Waals surface area contributed by atoms with Crippen LogP contribution < -0.4 is 0 Å². The second kappa shape index (κ2) is 4.37. The molecule has 0 N–H and O–H groups in total. The molecule has 1 heterocycles. The molecular formula is C7H8N2S2. The predicted molar refractivity (Wildman–Crippen MR) is 48.7 cm³/mol. The van der Waals surface area contributed by atoms with Crippen LogP contribution in [0.3, 0.4) is 0 Å². The maximum absolute atomic E-state index is 8.49. The highest BCUT2D eigenvalue weighted by atomic mass is 32.2. The van der Waals surface area contributed by atoms with Crippen molar-refractivity contribution in [2.75, 3.05) is 5.75 Å². The topological polar surface area (TPSA) is 36.7 Å². The molecule has 0 aliphatic carbocycles. The van der Waals surface area contributed by atoms with Crippen molar-refractivity contribution in [3.63, 3.8) is 0 Å². The normalized spacial score (nSPS) is 9.45. The lowest BCUT2D eigenvalue weighted by molar-refractivity contribution is 1.26. The molecule has 0 atom stereocenters. The zero-order valence-electron chi connectivity index (χ0n) is 6.20.